The van der Waals surface area contributed by atoms with E-state index in [1.165, 1.54) is 10.9 Å². The number of carbonyl (C=O) groups is 1. The van der Waals surface area contributed by atoms with Crippen LogP contribution in [0.2, 0.25) is 0 Å². The molecule has 1 N–H and O–H groups in total. The number of aliphatic hydroxyl groups is 1. The molecule has 2 aromatic rings. The number of aryl methyl sites for hydroxylation is 1. The Morgan fingerprint density at radius 1 is 1.48 bits per heavy atom. The van der Waals surface area contributed by atoms with Crippen LogP contribution in [-0.2, 0) is 7.05 Å². The summed E-state index contributed by atoms with van der Waals surface area (Å²) in [6.07, 6.45) is 6.84. The summed E-state index contributed by atoms with van der Waals surface area (Å²) in [5.41, 5.74) is 0.476. The highest BCUT2D eigenvalue weighted by atomic mass is 16.4. The van der Waals surface area contributed by atoms with Gasteiger partial charge in [-0.25, -0.2) is 4.68 Å². The fourth-order valence-corrected chi connectivity index (χ4v) is 3.17. The van der Waals surface area contributed by atoms with Crippen molar-refractivity contribution in [3.05, 3.63) is 36.0 Å². The lowest BCUT2D eigenvalue weighted by Gasteiger charge is -2.31. The zero-order valence-corrected chi connectivity index (χ0v) is 13.3. The lowest BCUT2D eigenvalue weighted by atomic mass is 10.0. The van der Waals surface area contributed by atoms with Crippen molar-refractivity contribution >= 4 is 5.91 Å². The topological polar surface area (TPSA) is 84.4 Å². The van der Waals surface area contributed by atoms with E-state index in [0.717, 1.165) is 25.7 Å². The van der Waals surface area contributed by atoms with E-state index in [2.05, 4.69) is 10.3 Å². The van der Waals surface area contributed by atoms with Crippen LogP contribution in [0.4, 0.5) is 0 Å². The zero-order chi connectivity index (χ0) is 16.2. The molecule has 0 radical (unpaired) electrons. The van der Waals surface area contributed by atoms with Gasteiger partial charge in [0.2, 0.25) is 0 Å². The molecule has 1 saturated heterocycles. The molecule has 124 valence electrons. The fourth-order valence-electron chi connectivity index (χ4n) is 3.17. The van der Waals surface area contributed by atoms with E-state index in [4.69, 9.17) is 4.42 Å². The molecule has 1 amide bonds. The maximum absolute atomic E-state index is 12.8. The number of furan rings is 1. The number of hydrogen-bond donors (Lipinski definition) is 1. The Morgan fingerprint density at radius 3 is 3.04 bits per heavy atom. The van der Waals surface area contributed by atoms with Crippen molar-refractivity contribution in [1.82, 2.24) is 19.9 Å². The van der Waals surface area contributed by atoms with Crippen molar-refractivity contribution < 1.29 is 14.3 Å². The highest BCUT2D eigenvalue weighted by Gasteiger charge is 2.30. The van der Waals surface area contributed by atoms with Gasteiger partial charge in [0.1, 0.15) is 17.6 Å². The fraction of sp³-hybridized carbons (Fsp3) is 0.562. The number of aliphatic hydroxyl groups excluding tert-OH is 1. The van der Waals surface area contributed by atoms with Crippen LogP contribution < -0.4 is 0 Å². The average molecular weight is 318 g/mol. The first-order valence-electron chi connectivity index (χ1n) is 8.04. The summed E-state index contributed by atoms with van der Waals surface area (Å²) in [7, 11) is 1.71. The van der Waals surface area contributed by atoms with E-state index in [0.29, 0.717) is 24.4 Å². The van der Waals surface area contributed by atoms with Gasteiger partial charge in [0.15, 0.2) is 0 Å². The van der Waals surface area contributed by atoms with Crippen molar-refractivity contribution in [2.45, 2.75) is 44.2 Å². The monoisotopic (exact) mass is 318 g/mol. The number of hydrogen-bond acceptors (Lipinski definition) is 5. The van der Waals surface area contributed by atoms with Crippen molar-refractivity contribution in [3.8, 4) is 0 Å². The Labute approximate surface area is 134 Å². The van der Waals surface area contributed by atoms with Crippen LogP contribution in [0, 0.1) is 0 Å². The predicted octanol–water partition coefficient (Wildman–Crippen LogP) is 1.92. The standard InChI is InChI=1S/C16H22N4O3/c1-19-13(11-17-18-19)16(22)20-8-4-2-3-6-12(20)10-14(21)15-7-5-9-23-15/h5,7,9,11-12,14,21H,2-4,6,8,10H2,1H3. The summed E-state index contributed by atoms with van der Waals surface area (Å²) in [6, 6.07) is 3.51. The van der Waals surface area contributed by atoms with E-state index in [1.807, 2.05) is 4.90 Å². The number of amides is 1. The lowest BCUT2D eigenvalue weighted by Crippen LogP contribution is -2.41. The zero-order valence-electron chi connectivity index (χ0n) is 13.3. The molecule has 0 aliphatic carbocycles. The third-order valence-corrected chi connectivity index (χ3v) is 4.44. The molecule has 0 spiro atoms. The Bertz CT molecular complexity index is 638. The normalized spacial score (nSPS) is 20.3. The van der Waals surface area contributed by atoms with Gasteiger partial charge in [-0.1, -0.05) is 18.1 Å². The molecule has 3 heterocycles. The second-order valence-electron chi connectivity index (χ2n) is 6.01. The van der Waals surface area contributed by atoms with Crippen LogP contribution in [0.5, 0.6) is 0 Å². The highest BCUT2D eigenvalue weighted by Crippen LogP contribution is 2.27. The summed E-state index contributed by atoms with van der Waals surface area (Å²) < 4.78 is 6.77. The summed E-state index contributed by atoms with van der Waals surface area (Å²) in [5.74, 6) is 0.472. The largest absolute Gasteiger partial charge is 0.467 e. The molecule has 0 bridgehead atoms. The molecule has 7 nitrogen and oxygen atoms in total. The highest BCUT2D eigenvalue weighted by molar-refractivity contribution is 5.92. The van der Waals surface area contributed by atoms with E-state index < -0.39 is 6.10 Å². The van der Waals surface area contributed by atoms with Crippen LogP contribution in [0.25, 0.3) is 0 Å². The average Bonchev–Trinajstić information content (AvgIpc) is 3.16. The van der Waals surface area contributed by atoms with E-state index >= 15 is 0 Å². The van der Waals surface area contributed by atoms with Gasteiger partial charge in [0.05, 0.1) is 12.5 Å². The summed E-state index contributed by atoms with van der Waals surface area (Å²) >= 11 is 0. The van der Waals surface area contributed by atoms with Crippen molar-refractivity contribution in [2.24, 2.45) is 7.05 Å². The number of aromatic nitrogens is 3. The quantitative estimate of drug-likeness (QED) is 0.931. The molecule has 23 heavy (non-hydrogen) atoms. The third kappa shape index (κ3) is 3.44. The Balaban J connectivity index is 1.77. The molecule has 1 aliphatic heterocycles. The van der Waals surface area contributed by atoms with Crippen LogP contribution in [-0.4, -0.2) is 43.5 Å². The van der Waals surface area contributed by atoms with Crippen molar-refractivity contribution in [2.75, 3.05) is 6.54 Å². The van der Waals surface area contributed by atoms with Gasteiger partial charge in [0, 0.05) is 26.1 Å². The molecule has 2 atom stereocenters. The van der Waals surface area contributed by atoms with Gasteiger partial charge in [-0.05, 0) is 25.0 Å². The van der Waals surface area contributed by atoms with Crippen LogP contribution >= 0.6 is 0 Å². The van der Waals surface area contributed by atoms with Crippen LogP contribution in [0.15, 0.2) is 29.0 Å². The van der Waals surface area contributed by atoms with Crippen LogP contribution in [0.1, 0.15) is 54.5 Å². The Morgan fingerprint density at radius 2 is 2.35 bits per heavy atom. The van der Waals surface area contributed by atoms with Gasteiger partial charge in [-0.3, -0.25) is 4.79 Å². The first kappa shape index (κ1) is 15.7. The molecule has 0 saturated carbocycles. The Hall–Kier alpha value is -2.15. The van der Waals surface area contributed by atoms with Gasteiger partial charge in [0.25, 0.3) is 5.91 Å². The second-order valence-corrected chi connectivity index (χ2v) is 6.01. The molecular formula is C16H22N4O3. The number of likely N-dealkylation sites (tertiary alicyclic amines) is 1. The lowest BCUT2D eigenvalue weighted by molar-refractivity contribution is 0.0547. The minimum atomic E-state index is -0.701. The van der Waals surface area contributed by atoms with E-state index in [9.17, 15) is 9.90 Å². The molecule has 1 aliphatic rings. The van der Waals surface area contributed by atoms with Crippen molar-refractivity contribution in [3.63, 3.8) is 0 Å². The first-order valence-corrected chi connectivity index (χ1v) is 8.04. The van der Waals surface area contributed by atoms with Gasteiger partial charge >= 0.3 is 0 Å². The molecule has 3 rings (SSSR count). The summed E-state index contributed by atoms with van der Waals surface area (Å²) in [5, 5.41) is 18.0. The first-order chi connectivity index (χ1) is 11.2. The number of nitrogens with zero attached hydrogens (tertiary/aromatic N) is 4. The van der Waals surface area contributed by atoms with Gasteiger partial charge in [-0.2, -0.15) is 0 Å². The van der Waals surface area contributed by atoms with E-state index in [1.54, 1.807) is 25.4 Å². The molecule has 1 fully saturated rings. The minimum Gasteiger partial charge on any atom is -0.467 e. The summed E-state index contributed by atoms with van der Waals surface area (Å²) in [6.45, 7) is 0.694. The van der Waals surface area contributed by atoms with Crippen molar-refractivity contribution in [1.29, 1.82) is 0 Å². The number of rotatable bonds is 4. The molecular weight excluding hydrogens is 296 g/mol. The minimum absolute atomic E-state index is 0.0139. The third-order valence-electron chi connectivity index (χ3n) is 4.44. The van der Waals surface area contributed by atoms with Gasteiger partial charge < -0.3 is 14.4 Å². The molecule has 2 aromatic heterocycles. The maximum Gasteiger partial charge on any atom is 0.274 e. The summed E-state index contributed by atoms with van der Waals surface area (Å²) in [4.78, 5) is 14.7. The maximum atomic E-state index is 12.8. The second kappa shape index (κ2) is 6.95. The van der Waals surface area contributed by atoms with Gasteiger partial charge in [-0.15, -0.1) is 5.10 Å². The SMILES string of the molecule is Cn1nncc1C(=O)N1CCCCCC1CC(O)c1ccco1. The number of carbonyl (C=O) groups excluding carboxylic acids is 1. The molecule has 2 unspecified atom stereocenters. The van der Waals surface area contributed by atoms with E-state index in [-0.39, 0.29) is 11.9 Å². The van der Waals surface area contributed by atoms with Crippen LogP contribution in [0.3, 0.4) is 0 Å². The smallest absolute Gasteiger partial charge is 0.274 e. The molecule has 0 aromatic carbocycles. The Kier molecular flexibility index (Phi) is 4.76. The molecule has 7 heteroatoms. The predicted molar refractivity (Wildman–Crippen MR) is 82.6 cm³/mol.